The van der Waals surface area contributed by atoms with E-state index in [-0.39, 0.29) is 12.5 Å². The Morgan fingerprint density at radius 2 is 1.95 bits per heavy atom. The van der Waals surface area contributed by atoms with Crippen molar-refractivity contribution in [1.82, 2.24) is 10.2 Å². The number of hydrogen-bond acceptors (Lipinski definition) is 4. The fraction of sp³-hybridized carbons (Fsp3) is 0.588. The Morgan fingerprint density at radius 3 is 2.59 bits per heavy atom. The third-order valence-corrected chi connectivity index (χ3v) is 3.89. The van der Waals surface area contributed by atoms with Gasteiger partial charge in [-0.25, -0.2) is 0 Å². The number of amides is 1. The molecule has 1 aromatic carbocycles. The maximum Gasteiger partial charge on any atom is 0.242 e. The lowest BCUT2D eigenvalue weighted by molar-refractivity contribution is -0.136. The van der Waals surface area contributed by atoms with Crippen LogP contribution in [0.5, 0.6) is 5.75 Å². The van der Waals surface area contributed by atoms with Crippen LogP contribution in [0.4, 0.5) is 0 Å². The molecule has 0 saturated carbocycles. The van der Waals surface area contributed by atoms with E-state index < -0.39 is 11.6 Å². The molecule has 1 fully saturated rings. The van der Waals surface area contributed by atoms with Crippen LogP contribution in [0.3, 0.4) is 0 Å². The van der Waals surface area contributed by atoms with Crippen molar-refractivity contribution < 1.29 is 14.6 Å². The van der Waals surface area contributed by atoms with Crippen LogP contribution in [0.15, 0.2) is 30.3 Å². The average Bonchev–Trinajstić information content (AvgIpc) is 3.05. The first kappa shape index (κ1) is 16.8. The van der Waals surface area contributed by atoms with E-state index in [1.54, 1.807) is 0 Å². The van der Waals surface area contributed by atoms with Crippen molar-refractivity contribution in [3.05, 3.63) is 30.3 Å². The number of para-hydroxylation sites is 1. The molecule has 1 amide bonds. The largest absolute Gasteiger partial charge is 0.491 e. The van der Waals surface area contributed by atoms with E-state index in [2.05, 4.69) is 5.32 Å². The summed E-state index contributed by atoms with van der Waals surface area (Å²) in [5.41, 5.74) is -0.669. The first-order valence-corrected chi connectivity index (χ1v) is 7.89. The Balaban J connectivity index is 1.74. The van der Waals surface area contributed by atoms with Gasteiger partial charge in [-0.15, -0.1) is 0 Å². The summed E-state index contributed by atoms with van der Waals surface area (Å²) < 4.78 is 5.51. The van der Waals surface area contributed by atoms with Crippen LogP contribution in [0.25, 0.3) is 0 Å². The number of carbonyl (C=O) groups excluding carboxylic acids is 1. The molecule has 1 heterocycles. The topological polar surface area (TPSA) is 61.8 Å². The summed E-state index contributed by atoms with van der Waals surface area (Å²) in [6, 6.07) is 9.38. The highest BCUT2D eigenvalue weighted by atomic mass is 16.5. The smallest absolute Gasteiger partial charge is 0.242 e. The summed E-state index contributed by atoms with van der Waals surface area (Å²) in [5.74, 6) is 0.829. The van der Waals surface area contributed by atoms with Gasteiger partial charge in [-0.1, -0.05) is 18.2 Å². The van der Waals surface area contributed by atoms with Crippen LogP contribution in [-0.2, 0) is 4.79 Å². The summed E-state index contributed by atoms with van der Waals surface area (Å²) in [4.78, 5) is 14.3. The Hall–Kier alpha value is -1.59. The van der Waals surface area contributed by atoms with Gasteiger partial charge in [0, 0.05) is 19.6 Å². The number of hydrogen-bond donors (Lipinski definition) is 2. The number of likely N-dealkylation sites (tertiary alicyclic amines) is 1. The van der Waals surface area contributed by atoms with Gasteiger partial charge in [0.15, 0.2) is 0 Å². The molecule has 1 atom stereocenters. The third kappa shape index (κ3) is 4.71. The van der Waals surface area contributed by atoms with E-state index >= 15 is 0 Å². The van der Waals surface area contributed by atoms with E-state index in [1.165, 1.54) is 0 Å². The van der Waals surface area contributed by atoms with Gasteiger partial charge in [0.1, 0.15) is 18.5 Å². The number of ether oxygens (including phenoxy) is 1. The molecule has 1 aromatic rings. The minimum Gasteiger partial charge on any atom is -0.491 e. The van der Waals surface area contributed by atoms with Crippen molar-refractivity contribution in [2.45, 2.75) is 38.3 Å². The number of benzene rings is 1. The number of aliphatic hydroxyl groups is 1. The molecule has 0 aliphatic carbocycles. The number of aliphatic hydroxyl groups excluding tert-OH is 1. The van der Waals surface area contributed by atoms with E-state index in [0.29, 0.717) is 6.54 Å². The van der Waals surface area contributed by atoms with Gasteiger partial charge in [0.25, 0.3) is 0 Å². The summed E-state index contributed by atoms with van der Waals surface area (Å²) in [6.07, 6.45) is 1.50. The monoisotopic (exact) mass is 306 g/mol. The van der Waals surface area contributed by atoms with E-state index in [9.17, 15) is 9.90 Å². The fourth-order valence-corrected chi connectivity index (χ4v) is 2.53. The fourth-order valence-electron chi connectivity index (χ4n) is 2.53. The minimum absolute atomic E-state index is 0.0983. The van der Waals surface area contributed by atoms with Gasteiger partial charge < -0.3 is 20.1 Å². The second-order valence-electron chi connectivity index (χ2n) is 6.28. The molecule has 22 heavy (non-hydrogen) atoms. The molecular weight excluding hydrogens is 280 g/mol. The van der Waals surface area contributed by atoms with Crippen molar-refractivity contribution in [1.29, 1.82) is 0 Å². The molecule has 5 nitrogen and oxygen atoms in total. The van der Waals surface area contributed by atoms with Gasteiger partial charge in [-0.3, -0.25) is 4.79 Å². The first-order chi connectivity index (χ1) is 10.5. The van der Waals surface area contributed by atoms with Gasteiger partial charge in [0.2, 0.25) is 5.91 Å². The molecule has 0 bridgehead atoms. The molecule has 0 aromatic heterocycles. The Morgan fingerprint density at radius 1 is 1.32 bits per heavy atom. The number of carbonyl (C=O) groups is 1. The van der Waals surface area contributed by atoms with Gasteiger partial charge in [0.05, 0.1) is 5.54 Å². The van der Waals surface area contributed by atoms with Crippen molar-refractivity contribution in [3.8, 4) is 5.75 Å². The van der Waals surface area contributed by atoms with Crippen LogP contribution in [0.1, 0.15) is 26.7 Å². The van der Waals surface area contributed by atoms with E-state index in [4.69, 9.17) is 4.74 Å². The molecule has 1 aliphatic heterocycles. The molecular formula is C17H26N2O3. The highest BCUT2D eigenvalue weighted by Crippen LogP contribution is 2.15. The highest BCUT2D eigenvalue weighted by Gasteiger charge is 2.33. The number of β-amino-alcohol motifs (C(OH)–C–C–N with tert-alkyl or cyclic N) is 1. The quantitative estimate of drug-likeness (QED) is 0.800. The zero-order chi connectivity index (χ0) is 16.0. The molecule has 0 spiro atoms. The van der Waals surface area contributed by atoms with E-state index in [0.717, 1.165) is 31.7 Å². The Labute approximate surface area is 132 Å². The maximum absolute atomic E-state index is 12.4. The van der Waals surface area contributed by atoms with E-state index in [1.807, 2.05) is 49.1 Å². The minimum atomic E-state index is -0.669. The molecule has 1 saturated heterocycles. The van der Waals surface area contributed by atoms with Crippen LogP contribution >= 0.6 is 0 Å². The summed E-state index contributed by atoms with van der Waals surface area (Å²) in [7, 11) is 0. The molecule has 2 rings (SSSR count). The zero-order valence-electron chi connectivity index (χ0n) is 13.4. The third-order valence-electron chi connectivity index (χ3n) is 3.89. The van der Waals surface area contributed by atoms with Crippen LogP contribution in [0.2, 0.25) is 0 Å². The summed E-state index contributed by atoms with van der Waals surface area (Å²) in [5, 5.41) is 13.2. The normalized spacial score (nSPS) is 16.6. The Bertz CT molecular complexity index is 470. The highest BCUT2D eigenvalue weighted by molar-refractivity contribution is 5.85. The lowest BCUT2D eigenvalue weighted by Gasteiger charge is -2.31. The van der Waals surface area contributed by atoms with Gasteiger partial charge >= 0.3 is 0 Å². The van der Waals surface area contributed by atoms with Crippen LogP contribution < -0.4 is 10.1 Å². The van der Waals surface area contributed by atoms with Gasteiger partial charge in [-0.05, 0) is 38.8 Å². The van der Waals surface area contributed by atoms with Crippen molar-refractivity contribution >= 4 is 5.91 Å². The van der Waals surface area contributed by atoms with Crippen LogP contribution in [-0.4, -0.2) is 53.8 Å². The average molecular weight is 306 g/mol. The number of nitrogens with zero attached hydrogens (tertiary/aromatic N) is 1. The molecule has 0 radical (unpaired) electrons. The number of nitrogens with one attached hydrogen (secondary N) is 1. The number of rotatable bonds is 7. The standard InChI is InChI=1S/C17H26N2O3/c1-17(2,16(21)19-10-6-7-11-19)18-12-14(20)13-22-15-8-4-3-5-9-15/h3-5,8-9,14,18,20H,6-7,10-13H2,1-2H3/t14-/m0/s1. The predicted molar refractivity (Wildman–Crippen MR) is 85.8 cm³/mol. The molecule has 122 valence electrons. The van der Waals surface area contributed by atoms with Crippen molar-refractivity contribution in [3.63, 3.8) is 0 Å². The van der Waals surface area contributed by atoms with Crippen LogP contribution in [0, 0.1) is 0 Å². The maximum atomic E-state index is 12.4. The summed E-state index contributed by atoms with van der Waals surface area (Å²) >= 11 is 0. The van der Waals surface area contributed by atoms with Crippen molar-refractivity contribution in [2.24, 2.45) is 0 Å². The second kappa shape index (κ2) is 7.61. The molecule has 2 N–H and O–H groups in total. The molecule has 0 unspecified atom stereocenters. The predicted octanol–water partition coefficient (Wildman–Crippen LogP) is 1.42. The zero-order valence-corrected chi connectivity index (χ0v) is 13.4. The lowest BCUT2D eigenvalue weighted by Crippen LogP contribution is -2.55. The molecule has 1 aliphatic rings. The Kier molecular flexibility index (Phi) is 5.80. The van der Waals surface area contributed by atoms with Gasteiger partial charge in [-0.2, -0.15) is 0 Å². The summed E-state index contributed by atoms with van der Waals surface area (Å²) in [6.45, 7) is 5.91. The van der Waals surface area contributed by atoms with Crippen molar-refractivity contribution in [2.75, 3.05) is 26.2 Å². The lowest BCUT2D eigenvalue weighted by atomic mass is 10.0. The SMILES string of the molecule is CC(C)(NC[C@H](O)COc1ccccc1)C(=O)N1CCCC1. The second-order valence-corrected chi connectivity index (χ2v) is 6.28. The first-order valence-electron chi connectivity index (χ1n) is 7.89. The molecule has 5 heteroatoms.